The predicted molar refractivity (Wildman–Crippen MR) is 49.0 cm³/mol. The maximum atomic E-state index is 10.6. The van der Waals surface area contributed by atoms with E-state index in [1.165, 1.54) is 0 Å². The first-order chi connectivity index (χ1) is 4.95. The molecule has 0 aromatic rings. The predicted octanol–water partition coefficient (Wildman–Crippen LogP) is 2.05. The summed E-state index contributed by atoms with van der Waals surface area (Å²) in [6.07, 6.45) is 0.708. The summed E-state index contributed by atoms with van der Waals surface area (Å²) < 4.78 is 0. The second kappa shape index (κ2) is 4.65. The SMILES string of the molecule is CC(C)C[C@H](C(=O)O)[C@H](C)S. The Bertz CT molecular complexity index is 132. The van der Waals surface area contributed by atoms with Crippen molar-refractivity contribution in [3.05, 3.63) is 0 Å². The summed E-state index contributed by atoms with van der Waals surface area (Å²) in [4.78, 5) is 10.6. The van der Waals surface area contributed by atoms with E-state index < -0.39 is 5.97 Å². The number of aliphatic carboxylic acids is 1. The van der Waals surface area contributed by atoms with Gasteiger partial charge in [0.2, 0.25) is 0 Å². The van der Waals surface area contributed by atoms with E-state index in [1.54, 1.807) is 0 Å². The van der Waals surface area contributed by atoms with Gasteiger partial charge < -0.3 is 5.11 Å². The van der Waals surface area contributed by atoms with Crippen molar-refractivity contribution < 1.29 is 9.90 Å². The maximum Gasteiger partial charge on any atom is 0.307 e. The largest absolute Gasteiger partial charge is 0.481 e. The average molecular weight is 176 g/mol. The second-order valence-electron chi connectivity index (χ2n) is 3.31. The van der Waals surface area contributed by atoms with Gasteiger partial charge in [0.05, 0.1) is 5.92 Å². The van der Waals surface area contributed by atoms with E-state index >= 15 is 0 Å². The monoisotopic (exact) mass is 176 g/mol. The van der Waals surface area contributed by atoms with Gasteiger partial charge in [-0.15, -0.1) is 0 Å². The van der Waals surface area contributed by atoms with Crippen molar-refractivity contribution in [2.24, 2.45) is 11.8 Å². The highest BCUT2D eigenvalue weighted by atomic mass is 32.1. The van der Waals surface area contributed by atoms with E-state index in [2.05, 4.69) is 12.6 Å². The molecule has 0 saturated heterocycles. The van der Waals surface area contributed by atoms with Crippen molar-refractivity contribution in [1.82, 2.24) is 0 Å². The van der Waals surface area contributed by atoms with E-state index in [-0.39, 0.29) is 11.2 Å². The van der Waals surface area contributed by atoms with Crippen LogP contribution in [0.5, 0.6) is 0 Å². The zero-order valence-corrected chi connectivity index (χ0v) is 8.14. The summed E-state index contributed by atoms with van der Waals surface area (Å²) in [7, 11) is 0. The highest BCUT2D eigenvalue weighted by molar-refractivity contribution is 7.81. The summed E-state index contributed by atoms with van der Waals surface area (Å²) in [6, 6.07) is 0. The van der Waals surface area contributed by atoms with Crippen molar-refractivity contribution in [3.8, 4) is 0 Å². The molecule has 11 heavy (non-hydrogen) atoms. The van der Waals surface area contributed by atoms with Crippen LogP contribution in [0.4, 0.5) is 0 Å². The van der Waals surface area contributed by atoms with Crippen LogP contribution in [-0.4, -0.2) is 16.3 Å². The van der Waals surface area contributed by atoms with E-state index in [0.717, 1.165) is 0 Å². The number of rotatable bonds is 4. The normalized spacial score (nSPS) is 16.5. The molecule has 0 fully saturated rings. The summed E-state index contributed by atoms with van der Waals surface area (Å²) >= 11 is 4.13. The molecule has 66 valence electrons. The Morgan fingerprint density at radius 3 is 2.00 bits per heavy atom. The lowest BCUT2D eigenvalue weighted by Crippen LogP contribution is -2.23. The van der Waals surface area contributed by atoms with Crippen LogP contribution < -0.4 is 0 Å². The van der Waals surface area contributed by atoms with Crippen LogP contribution >= 0.6 is 12.6 Å². The number of carbonyl (C=O) groups is 1. The molecular formula is C8H16O2S. The number of thiol groups is 1. The molecule has 0 unspecified atom stereocenters. The summed E-state index contributed by atoms with van der Waals surface area (Å²) in [5, 5.41) is 8.68. The Hall–Kier alpha value is -0.180. The van der Waals surface area contributed by atoms with Crippen LogP contribution in [0.3, 0.4) is 0 Å². The second-order valence-corrected chi connectivity index (χ2v) is 4.13. The fraction of sp³-hybridized carbons (Fsp3) is 0.875. The minimum atomic E-state index is -0.735. The Kier molecular flexibility index (Phi) is 4.57. The third-order valence-electron chi connectivity index (χ3n) is 1.62. The van der Waals surface area contributed by atoms with Crippen LogP contribution in [0.15, 0.2) is 0 Å². The van der Waals surface area contributed by atoms with E-state index in [1.807, 2.05) is 20.8 Å². The zero-order valence-electron chi connectivity index (χ0n) is 7.24. The fourth-order valence-electron chi connectivity index (χ4n) is 1.01. The summed E-state index contributed by atoms with van der Waals surface area (Å²) in [5.41, 5.74) is 0. The van der Waals surface area contributed by atoms with Gasteiger partial charge in [-0.1, -0.05) is 20.8 Å². The van der Waals surface area contributed by atoms with Gasteiger partial charge in [-0.2, -0.15) is 12.6 Å². The van der Waals surface area contributed by atoms with Gasteiger partial charge in [0.15, 0.2) is 0 Å². The molecule has 0 spiro atoms. The Balaban J connectivity index is 4.01. The van der Waals surface area contributed by atoms with Gasteiger partial charge in [-0.3, -0.25) is 4.79 Å². The van der Waals surface area contributed by atoms with Crippen molar-refractivity contribution >= 4 is 18.6 Å². The standard InChI is InChI=1S/C8H16O2S/c1-5(2)4-7(6(3)11)8(9)10/h5-7,11H,4H2,1-3H3,(H,9,10)/t6-,7-/m0/s1. The maximum absolute atomic E-state index is 10.6. The highest BCUT2D eigenvalue weighted by Crippen LogP contribution is 2.19. The minimum Gasteiger partial charge on any atom is -0.481 e. The lowest BCUT2D eigenvalue weighted by atomic mass is 9.95. The molecule has 0 aliphatic carbocycles. The van der Waals surface area contributed by atoms with Crippen LogP contribution in [0, 0.1) is 11.8 Å². The lowest BCUT2D eigenvalue weighted by Gasteiger charge is -2.16. The van der Waals surface area contributed by atoms with Gasteiger partial charge in [-0.25, -0.2) is 0 Å². The van der Waals surface area contributed by atoms with Gasteiger partial charge in [-0.05, 0) is 12.3 Å². The molecule has 0 radical (unpaired) electrons. The highest BCUT2D eigenvalue weighted by Gasteiger charge is 2.22. The lowest BCUT2D eigenvalue weighted by molar-refractivity contribution is -0.142. The summed E-state index contributed by atoms with van der Waals surface area (Å²) in [6.45, 7) is 5.86. The Morgan fingerprint density at radius 2 is 1.91 bits per heavy atom. The first kappa shape index (κ1) is 10.8. The number of hydrogen-bond acceptors (Lipinski definition) is 2. The molecular weight excluding hydrogens is 160 g/mol. The fourth-order valence-corrected chi connectivity index (χ4v) is 1.26. The number of carboxylic acids is 1. The van der Waals surface area contributed by atoms with E-state index in [4.69, 9.17) is 5.11 Å². The minimum absolute atomic E-state index is 0.0603. The Labute approximate surface area is 73.4 Å². The third-order valence-corrected chi connectivity index (χ3v) is 1.98. The van der Waals surface area contributed by atoms with Crippen molar-refractivity contribution in [3.63, 3.8) is 0 Å². The van der Waals surface area contributed by atoms with Crippen molar-refractivity contribution in [2.45, 2.75) is 32.4 Å². The van der Waals surface area contributed by atoms with Gasteiger partial charge in [0.1, 0.15) is 0 Å². The number of carboxylic acid groups (broad SMARTS) is 1. The molecule has 0 heterocycles. The van der Waals surface area contributed by atoms with Crippen molar-refractivity contribution in [2.75, 3.05) is 0 Å². The molecule has 0 bridgehead atoms. The van der Waals surface area contributed by atoms with Crippen LogP contribution in [0.2, 0.25) is 0 Å². The van der Waals surface area contributed by atoms with Crippen LogP contribution in [-0.2, 0) is 4.79 Å². The topological polar surface area (TPSA) is 37.3 Å². The van der Waals surface area contributed by atoms with E-state index in [9.17, 15) is 4.79 Å². The zero-order chi connectivity index (χ0) is 9.02. The van der Waals surface area contributed by atoms with Gasteiger partial charge >= 0.3 is 5.97 Å². The molecule has 2 atom stereocenters. The third kappa shape index (κ3) is 4.30. The smallest absolute Gasteiger partial charge is 0.307 e. The molecule has 0 aliphatic rings. The van der Waals surface area contributed by atoms with Crippen LogP contribution in [0.1, 0.15) is 27.2 Å². The quantitative estimate of drug-likeness (QED) is 0.643. The molecule has 0 aromatic carbocycles. The van der Waals surface area contributed by atoms with Crippen LogP contribution in [0.25, 0.3) is 0 Å². The molecule has 0 rings (SSSR count). The summed E-state index contributed by atoms with van der Waals surface area (Å²) in [5.74, 6) is -0.620. The molecule has 0 saturated carbocycles. The van der Waals surface area contributed by atoms with Gasteiger partial charge in [0, 0.05) is 5.25 Å². The Morgan fingerprint density at radius 1 is 1.45 bits per heavy atom. The first-order valence-electron chi connectivity index (χ1n) is 3.86. The molecule has 3 heteroatoms. The molecule has 0 aliphatic heterocycles. The van der Waals surface area contributed by atoms with Gasteiger partial charge in [0.25, 0.3) is 0 Å². The number of hydrogen-bond donors (Lipinski definition) is 2. The van der Waals surface area contributed by atoms with Crippen molar-refractivity contribution in [1.29, 1.82) is 0 Å². The molecule has 2 nitrogen and oxygen atoms in total. The molecule has 0 amide bonds. The van der Waals surface area contributed by atoms with E-state index in [0.29, 0.717) is 12.3 Å². The molecule has 0 aromatic heterocycles. The average Bonchev–Trinajstić information content (AvgIpc) is 1.81. The first-order valence-corrected chi connectivity index (χ1v) is 4.37. The molecule has 1 N–H and O–H groups in total.